The Hall–Kier alpha value is -2.30. The number of amides is 2. The average molecular weight is 491 g/mol. The van der Waals surface area contributed by atoms with Crippen LogP contribution in [0, 0.1) is 19.8 Å². The minimum atomic E-state index is -3.61. The van der Waals surface area contributed by atoms with E-state index in [9.17, 15) is 18.0 Å². The molecule has 10 heteroatoms. The Kier molecular flexibility index (Phi) is 7.16. The molecule has 8 nitrogen and oxygen atoms in total. The van der Waals surface area contributed by atoms with Gasteiger partial charge in [0.25, 0.3) is 5.91 Å². The van der Waals surface area contributed by atoms with E-state index >= 15 is 0 Å². The van der Waals surface area contributed by atoms with Gasteiger partial charge in [0.05, 0.1) is 10.6 Å². The summed E-state index contributed by atoms with van der Waals surface area (Å²) in [5.41, 5.74) is 2.03. The highest BCUT2D eigenvalue weighted by molar-refractivity contribution is 7.89. The molecule has 33 heavy (non-hydrogen) atoms. The maximum Gasteiger partial charge on any atom is 0.254 e. The molecule has 0 aliphatic carbocycles. The van der Waals surface area contributed by atoms with Crippen molar-refractivity contribution in [3.05, 3.63) is 40.4 Å². The van der Waals surface area contributed by atoms with E-state index in [4.69, 9.17) is 0 Å². The maximum atomic E-state index is 13.3. The van der Waals surface area contributed by atoms with Crippen LogP contribution in [0.2, 0.25) is 0 Å². The lowest BCUT2D eigenvalue weighted by atomic mass is 9.95. The predicted octanol–water partition coefficient (Wildman–Crippen LogP) is 3.43. The van der Waals surface area contributed by atoms with Crippen molar-refractivity contribution >= 4 is 38.3 Å². The number of nitrogens with zero attached hydrogens (tertiary/aromatic N) is 3. The van der Waals surface area contributed by atoms with E-state index in [-0.39, 0.29) is 22.6 Å². The third kappa shape index (κ3) is 5.28. The minimum absolute atomic E-state index is 0.0674. The lowest BCUT2D eigenvalue weighted by molar-refractivity contribution is -0.121. The fraction of sp³-hybridized carbons (Fsp3) is 0.522. The molecule has 1 aromatic heterocycles. The summed E-state index contributed by atoms with van der Waals surface area (Å²) in [6.45, 7) is 5.66. The second-order valence-electron chi connectivity index (χ2n) is 8.79. The number of carbonyl (C=O) groups is 2. The van der Waals surface area contributed by atoms with Gasteiger partial charge in [-0.3, -0.25) is 9.59 Å². The highest BCUT2D eigenvalue weighted by Gasteiger charge is 2.31. The number of piperidine rings is 2. The molecule has 2 amide bonds. The summed E-state index contributed by atoms with van der Waals surface area (Å²) in [6, 6.07) is 4.82. The zero-order valence-electron chi connectivity index (χ0n) is 19.0. The zero-order valence-corrected chi connectivity index (χ0v) is 20.7. The van der Waals surface area contributed by atoms with Crippen LogP contribution in [0.4, 0.5) is 5.13 Å². The third-order valence-corrected chi connectivity index (χ3v) is 9.16. The number of carbonyl (C=O) groups excluding carboxylic acids is 2. The molecule has 2 aliphatic heterocycles. The number of sulfonamides is 1. The van der Waals surface area contributed by atoms with Crippen LogP contribution in [0.3, 0.4) is 0 Å². The Balaban J connectivity index is 1.42. The summed E-state index contributed by atoms with van der Waals surface area (Å²) in [5, 5.41) is 5.35. The van der Waals surface area contributed by atoms with Gasteiger partial charge in [0, 0.05) is 43.0 Å². The summed E-state index contributed by atoms with van der Waals surface area (Å²) < 4.78 is 27.7. The van der Waals surface area contributed by atoms with Gasteiger partial charge in [-0.25, -0.2) is 13.4 Å². The molecule has 0 spiro atoms. The molecule has 1 N–H and O–H groups in total. The first-order valence-electron chi connectivity index (χ1n) is 11.4. The van der Waals surface area contributed by atoms with Crippen LogP contribution in [0.1, 0.15) is 53.7 Å². The predicted molar refractivity (Wildman–Crippen MR) is 128 cm³/mol. The molecular weight excluding hydrogens is 460 g/mol. The molecule has 2 aromatic rings. The number of rotatable bonds is 5. The van der Waals surface area contributed by atoms with Gasteiger partial charge >= 0.3 is 0 Å². The van der Waals surface area contributed by atoms with Crippen molar-refractivity contribution in [2.24, 2.45) is 5.92 Å². The van der Waals surface area contributed by atoms with E-state index in [0.717, 1.165) is 30.5 Å². The summed E-state index contributed by atoms with van der Waals surface area (Å²) in [6.07, 6.45) is 3.89. The Morgan fingerprint density at radius 3 is 2.39 bits per heavy atom. The second kappa shape index (κ2) is 9.90. The van der Waals surface area contributed by atoms with Gasteiger partial charge in [-0.1, -0.05) is 12.5 Å². The number of aromatic nitrogens is 1. The lowest BCUT2D eigenvalue weighted by Crippen LogP contribution is -2.41. The quantitative estimate of drug-likeness (QED) is 0.692. The van der Waals surface area contributed by atoms with Crippen LogP contribution in [0.15, 0.2) is 28.5 Å². The molecule has 0 saturated carbocycles. The number of aryl methyl sites for hydroxylation is 2. The lowest BCUT2D eigenvalue weighted by Gasteiger charge is -2.32. The third-order valence-electron chi connectivity index (χ3n) is 6.39. The topological polar surface area (TPSA) is 99.7 Å². The molecule has 2 fully saturated rings. The molecule has 178 valence electrons. The smallest absolute Gasteiger partial charge is 0.254 e. The zero-order chi connectivity index (χ0) is 23.6. The summed E-state index contributed by atoms with van der Waals surface area (Å²) in [4.78, 5) is 32.0. The number of nitrogens with one attached hydrogen (secondary N) is 1. The Bertz CT molecular complexity index is 1130. The van der Waals surface area contributed by atoms with Gasteiger partial charge < -0.3 is 10.2 Å². The fourth-order valence-corrected chi connectivity index (χ4v) is 6.62. The van der Waals surface area contributed by atoms with Crippen molar-refractivity contribution in [3.63, 3.8) is 0 Å². The second-order valence-corrected chi connectivity index (χ2v) is 11.6. The van der Waals surface area contributed by atoms with Crippen LogP contribution >= 0.6 is 11.3 Å². The number of likely N-dealkylation sites (tertiary alicyclic amines) is 1. The summed E-state index contributed by atoms with van der Waals surface area (Å²) in [7, 11) is -3.61. The number of benzene rings is 1. The highest BCUT2D eigenvalue weighted by Crippen LogP contribution is 2.26. The van der Waals surface area contributed by atoms with Gasteiger partial charge in [0.15, 0.2) is 5.13 Å². The van der Waals surface area contributed by atoms with Gasteiger partial charge in [-0.05, 0) is 57.2 Å². The van der Waals surface area contributed by atoms with E-state index in [2.05, 4.69) is 10.3 Å². The number of thiazole rings is 1. The van der Waals surface area contributed by atoms with E-state index in [1.165, 1.54) is 21.7 Å². The molecule has 3 heterocycles. The standard InChI is InChI=1S/C23H30N4O4S2/c1-16-6-7-19(33(30,31)27-10-4-3-5-11-27)14-20(16)22(29)26-12-8-18(9-13-26)21(28)25-23-24-17(2)15-32-23/h6-7,14-15,18H,3-5,8-13H2,1-2H3,(H,24,25,28). The van der Waals surface area contributed by atoms with Crippen molar-refractivity contribution in [2.45, 2.75) is 50.8 Å². The monoisotopic (exact) mass is 490 g/mol. The average Bonchev–Trinajstić information content (AvgIpc) is 3.23. The Morgan fingerprint density at radius 1 is 1.06 bits per heavy atom. The van der Waals surface area contributed by atoms with Crippen molar-refractivity contribution in [1.29, 1.82) is 0 Å². The van der Waals surface area contributed by atoms with E-state index in [1.807, 2.05) is 19.2 Å². The van der Waals surface area contributed by atoms with Gasteiger partial charge in [-0.2, -0.15) is 4.31 Å². The summed E-state index contributed by atoms with van der Waals surface area (Å²) in [5.74, 6) is -0.426. The molecule has 0 unspecified atom stereocenters. The molecule has 0 atom stereocenters. The summed E-state index contributed by atoms with van der Waals surface area (Å²) >= 11 is 1.40. The van der Waals surface area contributed by atoms with Crippen LogP contribution < -0.4 is 5.32 Å². The van der Waals surface area contributed by atoms with Gasteiger partial charge in [0.2, 0.25) is 15.9 Å². The van der Waals surface area contributed by atoms with Crippen molar-refractivity contribution < 1.29 is 18.0 Å². The molecule has 2 saturated heterocycles. The van der Waals surface area contributed by atoms with Crippen molar-refractivity contribution in [1.82, 2.24) is 14.2 Å². The number of hydrogen-bond acceptors (Lipinski definition) is 6. The molecule has 4 rings (SSSR count). The van der Waals surface area contributed by atoms with Crippen molar-refractivity contribution in [2.75, 3.05) is 31.5 Å². The fourth-order valence-electron chi connectivity index (χ4n) is 4.38. The first kappa shape index (κ1) is 23.8. The van der Waals surface area contributed by atoms with Crippen molar-refractivity contribution in [3.8, 4) is 0 Å². The first-order chi connectivity index (χ1) is 15.8. The van der Waals surface area contributed by atoms with E-state index in [1.54, 1.807) is 17.0 Å². The molecular formula is C23H30N4O4S2. The largest absolute Gasteiger partial charge is 0.339 e. The molecule has 1 aromatic carbocycles. The van der Waals surface area contributed by atoms with Crippen LogP contribution in [-0.4, -0.2) is 60.6 Å². The molecule has 0 radical (unpaired) electrons. The highest BCUT2D eigenvalue weighted by atomic mass is 32.2. The van der Waals surface area contributed by atoms with E-state index in [0.29, 0.717) is 49.7 Å². The Labute approximate surface area is 199 Å². The molecule has 2 aliphatic rings. The van der Waals surface area contributed by atoms with Gasteiger partial charge in [0.1, 0.15) is 0 Å². The maximum absolute atomic E-state index is 13.3. The van der Waals surface area contributed by atoms with Gasteiger partial charge in [-0.15, -0.1) is 11.3 Å². The van der Waals surface area contributed by atoms with Crippen LogP contribution in [0.5, 0.6) is 0 Å². The van der Waals surface area contributed by atoms with Crippen LogP contribution in [0.25, 0.3) is 0 Å². The first-order valence-corrected chi connectivity index (χ1v) is 13.7. The number of anilines is 1. The van der Waals surface area contributed by atoms with E-state index < -0.39 is 10.0 Å². The normalized spacial score (nSPS) is 18.3. The minimum Gasteiger partial charge on any atom is -0.339 e. The molecule has 0 bridgehead atoms. The SMILES string of the molecule is Cc1csc(NC(=O)C2CCN(C(=O)c3cc(S(=O)(=O)N4CCCCC4)ccc3C)CC2)n1. The van der Waals surface area contributed by atoms with Crippen LogP contribution in [-0.2, 0) is 14.8 Å². The Morgan fingerprint density at radius 2 is 1.76 bits per heavy atom. The number of hydrogen-bond donors (Lipinski definition) is 1.